The van der Waals surface area contributed by atoms with Gasteiger partial charge in [-0.25, -0.2) is 0 Å². The van der Waals surface area contributed by atoms with E-state index in [1.165, 1.54) is 0 Å². The molecule has 2 rings (SSSR count). The lowest BCUT2D eigenvalue weighted by atomic mass is 10.1. The van der Waals surface area contributed by atoms with Crippen molar-refractivity contribution in [3.63, 3.8) is 0 Å². The standard InChI is InChI=1S/C16H18N2O/c1-11-6-8-13(9-7-11)16(19)18-15-5-3-4-14(10-15)12(2)17/h3-10,12H,17H2,1-2H3,(H,18,19). The van der Waals surface area contributed by atoms with Crippen molar-refractivity contribution < 1.29 is 4.79 Å². The normalized spacial score (nSPS) is 11.9. The van der Waals surface area contributed by atoms with Gasteiger partial charge in [0, 0.05) is 17.3 Å². The summed E-state index contributed by atoms with van der Waals surface area (Å²) in [5.74, 6) is -0.109. The third kappa shape index (κ3) is 3.42. The highest BCUT2D eigenvalue weighted by molar-refractivity contribution is 6.04. The smallest absolute Gasteiger partial charge is 0.255 e. The number of nitrogens with two attached hydrogens (primary N) is 1. The largest absolute Gasteiger partial charge is 0.324 e. The second-order valence-corrected chi connectivity index (χ2v) is 4.73. The quantitative estimate of drug-likeness (QED) is 0.883. The maximum Gasteiger partial charge on any atom is 0.255 e. The molecule has 2 aromatic rings. The second-order valence-electron chi connectivity index (χ2n) is 4.73. The highest BCUT2D eigenvalue weighted by Gasteiger charge is 2.06. The number of carbonyl (C=O) groups excluding carboxylic acids is 1. The van der Waals surface area contributed by atoms with E-state index in [1.54, 1.807) is 0 Å². The van der Waals surface area contributed by atoms with Crippen LogP contribution in [0.5, 0.6) is 0 Å². The van der Waals surface area contributed by atoms with Crippen molar-refractivity contribution in [1.82, 2.24) is 0 Å². The Kier molecular flexibility index (Phi) is 3.97. The first-order chi connectivity index (χ1) is 9.06. The Hall–Kier alpha value is -2.13. The van der Waals surface area contributed by atoms with E-state index in [0.717, 1.165) is 16.8 Å². The van der Waals surface area contributed by atoms with Crippen LogP contribution in [0.25, 0.3) is 0 Å². The molecule has 3 nitrogen and oxygen atoms in total. The highest BCUT2D eigenvalue weighted by atomic mass is 16.1. The number of aryl methyl sites for hydroxylation is 1. The van der Waals surface area contributed by atoms with Crippen LogP contribution in [0.1, 0.15) is 34.5 Å². The molecule has 0 bridgehead atoms. The first-order valence-electron chi connectivity index (χ1n) is 6.30. The molecule has 98 valence electrons. The van der Waals surface area contributed by atoms with Gasteiger partial charge in [-0.3, -0.25) is 4.79 Å². The summed E-state index contributed by atoms with van der Waals surface area (Å²) in [6.45, 7) is 3.91. The van der Waals surface area contributed by atoms with Crippen LogP contribution in [0.3, 0.4) is 0 Å². The van der Waals surface area contributed by atoms with E-state index in [0.29, 0.717) is 5.56 Å². The molecule has 1 amide bonds. The molecule has 0 saturated carbocycles. The Labute approximate surface area is 113 Å². The molecule has 19 heavy (non-hydrogen) atoms. The van der Waals surface area contributed by atoms with Gasteiger partial charge in [0.15, 0.2) is 0 Å². The van der Waals surface area contributed by atoms with Crippen molar-refractivity contribution in [3.8, 4) is 0 Å². The average Bonchev–Trinajstić information content (AvgIpc) is 2.39. The van der Waals surface area contributed by atoms with Gasteiger partial charge in [-0.15, -0.1) is 0 Å². The van der Waals surface area contributed by atoms with Gasteiger partial charge in [0.2, 0.25) is 0 Å². The van der Waals surface area contributed by atoms with Crippen molar-refractivity contribution in [2.75, 3.05) is 5.32 Å². The van der Waals surface area contributed by atoms with Crippen molar-refractivity contribution in [2.24, 2.45) is 5.73 Å². The van der Waals surface area contributed by atoms with Gasteiger partial charge in [-0.05, 0) is 43.7 Å². The lowest BCUT2D eigenvalue weighted by molar-refractivity contribution is 0.102. The van der Waals surface area contributed by atoms with E-state index in [9.17, 15) is 4.79 Å². The highest BCUT2D eigenvalue weighted by Crippen LogP contribution is 2.16. The van der Waals surface area contributed by atoms with Crippen LogP contribution in [-0.4, -0.2) is 5.91 Å². The van der Waals surface area contributed by atoms with Crippen molar-refractivity contribution >= 4 is 11.6 Å². The predicted octanol–water partition coefficient (Wildman–Crippen LogP) is 3.27. The van der Waals surface area contributed by atoms with Crippen molar-refractivity contribution in [2.45, 2.75) is 19.9 Å². The predicted molar refractivity (Wildman–Crippen MR) is 78.2 cm³/mol. The van der Waals surface area contributed by atoms with Crippen LogP contribution < -0.4 is 11.1 Å². The number of rotatable bonds is 3. The first kappa shape index (κ1) is 13.3. The van der Waals surface area contributed by atoms with E-state index in [-0.39, 0.29) is 11.9 Å². The van der Waals surface area contributed by atoms with E-state index >= 15 is 0 Å². The summed E-state index contributed by atoms with van der Waals surface area (Å²) < 4.78 is 0. The Morgan fingerprint density at radius 2 is 1.84 bits per heavy atom. The van der Waals surface area contributed by atoms with Crippen LogP contribution in [0.4, 0.5) is 5.69 Å². The summed E-state index contributed by atoms with van der Waals surface area (Å²) in [7, 11) is 0. The fraction of sp³-hybridized carbons (Fsp3) is 0.188. The SMILES string of the molecule is Cc1ccc(C(=O)Nc2cccc(C(C)N)c2)cc1. The second kappa shape index (κ2) is 5.67. The number of hydrogen-bond acceptors (Lipinski definition) is 2. The summed E-state index contributed by atoms with van der Waals surface area (Å²) in [4.78, 5) is 12.1. The fourth-order valence-corrected chi connectivity index (χ4v) is 1.81. The van der Waals surface area contributed by atoms with Crippen LogP contribution in [0.15, 0.2) is 48.5 Å². The number of carbonyl (C=O) groups is 1. The number of hydrogen-bond donors (Lipinski definition) is 2. The molecule has 0 radical (unpaired) electrons. The summed E-state index contributed by atoms with van der Waals surface area (Å²) >= 11 is 0. The molecule has 0 spiro atoms. The molecule has 1 atom stereocenters. The molecule has 0 heterocycles. The fourth-order valence-electron chi connectivity index (χ4n) is 1.81. The van der Waals surface area contributed by atoms with Crippen molar-refractivity contribution in [1.29, 1.82) is 0 Å². The molecule has 3 N–H and O–H groups in total. The summed E-state index contributed by atoms with van der Waals surface area (Å²) in [5.41, 5.74) is 9.38. The van der Waals surface area contributed by atoms with E-state index in [4.69, 9.17) is 5.73 Å². The molecule has 2 aromatic carbocycles. The molecular weight excluding hydrogens is 236 g/mol. The number of anilines is 1. The van der Waals surface area contributed by atoms with Crippen LogP contribution >= 0.6 is 0 Å². The van der Waals surface area contributed by atoms with E-state index < -0.39 is 0 Å². The number of nitrogens with one attached hydrogen (secondary N) is 1. The number of benzene rings is 2. The summed E-state index contributed by atoms with van der Waals surface area (Å²) in [5, 5.41) is 2.88. The minimum atomic E-state index is -0.109. The molecule has 0 aliphatic carbocycles. The van der Waals surface area contributed by atoms with Gasteiger partial charge in [-0.1, -0.05) is 29.8 Å². The minimum absolute atomic E-state index is 0.0452. The molecule has 0 aromatic heterocycles. The maximum atomic E-state index is 12.1. The maximum absolute atomic E-state index is 12.1. The van der Waals surface area contributed by atoms with Crippen LogP contribution in [-0.2, 0) is 0 Å². The van der Waals surface area contributed by atoms with Crippen LogP contribution in [0.2, 0.25) is 0 Å². The summed E-state index contributed by atoms with van der Waals surface area (Å²) in [6, 6.07) is 15.0. The van der Waals surface area contributed by atoms with Gasteiger partial charge in [0.05, 0.1) is 0 Å². The van der Waals surface area contributed by atoms with E-state index in [1.807, 2.05) is 62.4 Å². The zero-order valence-corrected chi connectivity index (χ0v) is 11.2. The van der Waals surface area contributed by atoms with Gasteiger partial charge < -0.3 is 11.1 Å². The lowest BCUT2D eigenvalue weighted by Gasteiger charge is -2.09. The molecule has 0 aliphatic heterocycles. The van der Waals surface area contributed by atoms with Gasteiger partial charge >= 0.3 is 0 Å². The zero-order valence-electron chi connectivity index (χ0n) is 11.2. The molecule has 0 fully saturated rings. The Morgan fingerprint density at radius 1 is 1.16 bits per heavy atom. The topological polar surface area (TPSA) is 55.1 Å². The van der Waals surface area contributed by atoms with Crippen molar-refractivity contribution in [3.05, 3.63) is 65.2 Å². The molecule has 0 saturated heterocycles. The summed E-state index contributed by atoms with van der Waals surface area (Å²) in [6.07, 6.45) is 0. The monoisotopic (exact) mass is 254 g/mol. The Balaban J connectivity index is 2.14. The van der Waals surface area contributed by atoms with E-state index in [2.05, 4.69) is 5.32 Å². The zero-order chi connectivity index (χ0) is 13.8. The first-order valence-corrected chi connectivity index (χ1v) is 6.30. The van der Waals surface area contributed by atoms with Crippen LogP contribution in [0, 0.1) is 6.92 Å². The Bertz CT molecular complexity index is 574. The van der Waals surface area contributed by atoms with Gasteiger partial charge in [-0.2, -0.15) is 0 Å². The van der Waals surface area contributed by atoms with Gasteiger partial charge in [0.1, 0.15) is 0 Å². The number of amides is 1. The molecule has 1 unspecified atom stereocenters. The third-order valence-corrected chi connectivity index (χ3v) is 2.98. The van der Waals surface area contributed by atoms with Gasteiger partial charge in [0.25, 0.3) is 5.91 Å². The molecule has 0 aliphatic rings. The average molecular weight is 254 g/mol. The minimum Gasteiger partial charge on any atom is -0.324 e. The molecule has 3 heteroatoms. The third-order valence-electron chi connectivity index (χ3n) is 2.98. The lowest BCUT2D eigenvalue weighted by Crippen LogP contribution is -2.12. The molecular formula is C16H18N2O. The Morgan fingerprint density at radius 3 is 2.47 bits per heavy atom.